The quantitative estimate of drug-likeness (QED) is 0.320. The van der Waals surface area contributed by atoms with Gasteiger partial charge in [0.05, 0.1) is 19.0 Å². The first-order chi connectivity index (χ1) is 16.2. The van der Waals surface area contributed by atoms with Crippen molar-refractivity contribution in [1.29, 1.82) is 0 Å². The molecule has 33 heavy (non-hydrogen) atoms. The van der Waals surface area contributed by atoms with Crippen LogP contribution in [0, 0.1) is 0 Å². The fourth-order valence-corrected chi connectivity index (χ4v) is 3.94. The van der Waals surface area contributed by atoms with Crippen LogP contribution in [0.3, 0.4) is 0 Å². The third-order valence-corrected chi connectivity index (χ3v) is 5.93. The molecule has 0 radical (unpaired) electrons. The molecule has 0 saturated heterocycles. The standard InChI is InChI=1S/C25H21N5O2S/c1-33-21-9-7-17(8-10-21)23-24(30-12-11-26-16-22(30)29-23)28-19-5-2-4-18(14-19)25(31)27-15-20-6-3-13-32-20/h2-14,16,28H,15H2,1H3,(H,27,31). The summed E-state index contributed by atoms with van der Waals surface area (Å²) in [5.74, 6) is 1.33. The third kappa shape index (κ3) is 4.47. The molecule has 5 rings (SSSR count). The van der Waals surface area contributed by atoms with Crippen molar-refractivity contribution < 1.29 is 9.21 Å². The van der Waals surface area contributed by atoms with E-state index in [2.05, 4.69) is 46.1 Å². The minimum atomic E-state index is -0.176. The van der Waals surface area contributed by atoms with E-state index < -0.39 is 0 Å². The molecule has 0 saturated carbocycles. The first-order valence-electron chi connectivity index (χ1n) is 10.4. The number of benzene rings is 2. The van der Waals surface area contributed by atoms with E-state index in [0.29, 0.717) is 17.9 Å². The maximum Gasteiger partial charge on any atom is 0.251 e. The van der Waals surface area contributed by atoms with Crippen LogP contribution in [0.2, 0.25) is 0 Å². The summed E-state index contributed by atoms with van der Waals surface area (Å²) in [5.41, 5.74) is 3.86. The number of aromatic nitrogens is 3. The van der Waals surface area contributed by atoms with Crippen LogP contribution in [0.25, 0.3) is 16.9 Å². The highest BCUT2D eigenvalue weighted by molar-refractivity contribution is 7.98. The lowest BCUT2D eigenvalue weighted by atomic mass is 10.1. The van der Waals surface area contributed by atoms with E-state index in [9.17, 15) is 4.79 Å². The van der Waals surface area contributed by atoms with Gasteiger partial charge in [0.15, 0.2) is 5.65 Å². The van der Waals surface area contributed by atoms with Crippen molar-refractivity contribution in [3.8, 4) is 11.3 Å². The second-order valence-corrected chi connectivity index (χ2v) is 8.19. The molecule has 0 aliphatic carbocycles. The average Bonchev–Trinajstić information content (AvgIpc) is 3.51. The Hall–Kier alpha value is -4.04. The number of imidazole rings is 1. The van der Waals surface area contributed by atoms with Crippen molar-refractivity contribution in [2.45, 2.75) is 11.4 Å². The lowest BCUT2D eigenvalue weighted by Crippen LogP contribution is -2.22. The largest absolute Gasteiger partial charge is 0.467 e. The van der Waals surface area contributed by atoms with E-state index in [4.69, 9.17) is 9.40 Å². The molecular weight excluding hydrogens is 434 g/mol. The van der Waals surface area contributed by atoms with Crippen LogP contribution < -0.4 is 10.6 Å². The molecule has 3 aromatic heterocycles. The molecule has 1 amide bonds. The second kappa shape index (κ2) is 9.22. The monoisotopic (exact) mass is 455 g/mol. The Balaban J connectivity index is 1.45. The fraction of sp³-hybridized carbons (Fsp3) is 0.0800. The molecule has 5 aromatic rings. The summed E-state index contributed by atoms with van der Waals surface area (Å²) in [5, 5.41) is 6.33. The van der Waals surface area contributed by atoms with Crippen molar-refractivity contribution in [3.63, 3.8) is 0 Å². The highest BCUT2D eigenvalue weighted by atomic mass is 32.2. The van der Waals surface area contributed by atoms with Crippen LogP contribution in [0.5, 0.6) is 0 Å². The van der Waals surface area contributed by atoms with E-state index in [0.717, 1.165) is 28.4 Å². The van der Waals surface area contributed by atoms with Gasteiger partial charge in [-0.3, -0.25) is 14.2 Å². The predicted molar refractivity (Wildman–Crippen MR) is 130 cm³/mol. The molecule has 0 unspecified atom stereocenters. The number of nitrogens with one attached hydrogen (secondary N) is 2. The van der Waals surface area contributed by atoms with Crippen molar-refractivity contribution in [1.82, 2.24) is 19.7 Å². The number of anilines is 2. The summed E-state index contributed by atoms with van der Waals surface area (Å²) in [7, 11) is 0. The van der Waals surface area contributed by atoms with Gasteiger partial charge in [-0.05, 0) is 48.7 Å². The van der Waals surface area contributed by atoms with Crippen LogP contribution in [0.4, 0.5) is 11.5 Å². The summed E-state index contributed by atoms with van der Waals surface area (Å²) < 4.78 is 7.23. The number of furan rings is 1. The van der Waals surface area contributed by atoms with E-state index >= 15 is 0 Å². The van der Waals surface area contributed by atoms with E-state index in [1.807, 2.05) is 34.9 Å². The highest BCUT2D eigenvalue weighted by Crippen LogP contribution is 2.32. The topological polar surface area (TPSA) is 84.5 Å². The molecule has 2 N–H and O–H groups in total. The molecule has 2 aromatic carbocycles. The van der Waals surface area contributed by atoms with E-state index in [1.54, 1.807) is 42.6 Å². The van der Waals surface area contributed by atoms with Gasteiger partial charge in [-0.2, -0.15) is 0 Å². The minimum Gasteiger partial charge on any atom is -0.467 e. The molecule has 0 atom stereocenters. The maximum absolute atomic E-state index is 12.6. The first kappa shape index (κ1) is 20.8. The number of hydrogen-bond donors (Lipinski definition) is 2. The zero-order valence-electron chi connectivity index (χ0n) is 17.9. The number of carbonyl (C=O) groups is 1. The molecule has 164 valence electrons. The number of nitrogens with zero attached hydrogens (tertiary/aromatic N) is 3. The number of fused-ring (bicyclic) bond motifs is 1. The Morgan fingerprint density at radius 2 is 2.00 bits per heavy atom. The third-order valence-electron chi connectivity index (χ3n) is 5.18. The Morgan fingerprint density at radius 3 is 2.79 bits per heavy atom. The van der Waals surface area contributed by atoms with Gasteiger partial charge in [0, 0.05) is 34.1 Å². The summed E-state index contributed by atoms with van der Waals surface area (Å²) in [4.78, 5) is 22.8. The van der Waals surface area contributed by atoms with Gasteiger partial charge >= 0.3 is 0 Å². The SMILES string of the molecule is CSc1ccc(-c2nc3cnccn3c2Nc2cccc(C(=O)NCc3ccco3)c2)cc1. The number of amides is 1. The van der Waals surface area contributed by atoms with Crippen molar-refractivity contribution in [2.24, 2.45) is 0 Å². The van der Waals surface area contributed by atoms with Crippen molar-refractivity contribution in [2.75, 3.05) is 11.6 Å². The maximum atomic E-state index is 12.6. The van der Waals surface area contributed by atoms with Gasteiger partial charge in [-0.15, -0.1) is 11.8 Å². The van der Waals surface area contributed by atoms with Crippen molar-refractivity contribution in [3.05, 3.63) is 96.8 Å². The first-order valence-corrected chi connectivity index (χ1v) is 11.6. The van der Waals surface area contributed by atoms with Crippen LogP contribution in [-0.4, -0.2) is 26.5 Å². The summed E-state index contributed by atoms with van der Waals surface area (Å²) >= 11 is 1.70. The van der Waals surface area contributed by atoms with Crippen LogP contribution >= 0.6 is 11.8 Å². The van der Waals surface area contributed by atoms with Gasteiger partial charge in [-0.25, -0.2) is 4.98 Å². The molecule has 8 heteroatoms. The van der Waals surface area contributed by atoms with Crippen LogP contribution in [-0.2, 0) is 6.54 Å². The summed E-state index contributed by atoms with van der Waals surface area (Å²) in [6.45, 7) is 0.333. The van der Waals surface area contributed by atoms with Crippen LogP contribution in [0.1, 0.15) is 16.1 Å². The average molecular weight is 456 g/mol. The van der Waals surface area contributed by atoms with Gasteiger partial charge in [0.2, 0.25) is 0 Å². The minimum absolute atomic E-state index is 0.176. The summed E-state index contributed by atoms with van der Waals surface area (Å²) in [6.07, 6.45) is 8.95. The zero-order valence-corrected chi connectivity index (χ0v) is 18.7. The fourth-order valence-electron chi connectivity index (χ4n) is 3.53. The zero-order chi connectivity index (χ0) is 22.6. The van der Waals surface area contributed by atoms with Crippen LogP contribution in [0.15, 0.2) is 94.8 Å². The lowest BCUT2D eigenvalue weighted by Gasteiger charge is -2.11. The van der Waals surface area contributed by atoms with Gasteiger partial charge in [0.1, 0.15) is 17.3 Å². The predicted octanol–water partition coefficient (Wildman–Crippen LogP) is 5.38. The smallest absolute Gasteiger partial charge is 0.251 e. The lowest BCUT2D eigenvalue weighted by molar-refractivity contribution is 0.0948. The Kier molecular flexibility index (Phi) is 5.82. The molecule has 0 aliphatic rings. The van der Waals surface area contributed by atoms with Crippen molar-refractivity contribution >= 4 is 34.8 Å². The molecule has 0 bridgehead atoms. The van der Waals surface area contributed by atoms with Gasteiger partial charge in [0.25, 0.3) is 5.91 Å². The molecule has 0 fully saturated rings. The Bertz CT molecular complexity index is 1390. The molecular formula is C25H21N5O2S. The normalized spacial score (nSPS) is 10.9. The number of hydrogen-bond acceptors (Lipinski definition) is 6. The molecule has 0 spiro atoms. The molecule has 3 heterocycles. The Morgan fingerprint density at radius 1 is 1.12 bits per heavy atom. The highest BCUT2D eigenvalue weighted by Gasteiger charge is 2.15. The summed E-state index contributed by atoms with van der Waals surface area (Å²) in [6, 6.07) is 19.3. The van der Waals surface area contributed by atoms with E-state index in [1.165, 1.54) is 4.90 Å². The Labute approximate surface area is 194 Å². The van der Waals surface area contributed by atoms with Gasteiger partial charge < -0.3 is 15.1 Å². The molecule has 0 aliphatic heterocycles. The second-order valence-electron chi connectivity index (χ2n) is 7.31. The molecule has 7 nitrogen and oxygen atoms in total. The van der Waals surface area contributed by atoms with E-state index in [-0.39, 0.29) is 5.91 Å². The number of thioether (sulfide) groups is 1. The number of carbonyl (C=O) groups excluding carboxylic acids is 1. The number of rotatable bonds is 7. The van der Waals surface area contributed by atoms with Gasteiger partial charge in [-0.1, -0.05) is 18.2 Å².